The van der Waals surface area contributed by atoms with Crippen LogP contribution >= 0.6 is 24.8 Å². The van der Waals surface area contributed by atoms with Crippen LogP contribution in [-0.4, -0.2) is 78.8 Å². The Morgan fingerprint density at radius 3 is 2.28 bits per heavy atom. The maximum Gasteiger partial charge on any atom is 0.321 e. The number of carbonyl (C=O) groups excluding carboxylic acids is 1. The van der Waals surface area contributed by atoms with E-state index in [0.29, 0.717) is 17.5 Å². The molecule has 2 saturated heterocycles. The molecule has 0 bridgehead atoms. The first-order valence-corrected chi connectivity index (χ1v) is 9.57. The Kier molecular flexibility index (Phi) is 11.1. The molecular weight excluding hydrogens is 419 g/mol. The number of urea groups is 1. The highest BCUT2D eigenvalue weighted by Gasteiger charge is 2.26. The van der Waals surface area contributed by atoms with E-state index in [0.717, 1.165) is 39.3 Å². The second-order valence-corrected chi connectivity index (χ2v) is 6.95. The molecule has 8 nitrogen and oxygen atoms in total. The second kappa shape index (κ2) is 12.7. The molecule has 29 heavy (non-hydrogen) atoms. The molecule has 0 radical (unpaired) electrons. The van der Waals surface area contributed by atoms with Gasteiger partial charge in [0.25, 0.3) is 0 Å². The Balaban J connectivity index is 0.00000210. The van der Waals surface area contributed by atoms with E-state index in [2.05, 4.69) is 15.5 Å². The smallest absolute Gasteiger partial charge is 0.321 e. The molecule has 10 heteroatoms. The molecule has 0 atom stereocenters. The standard InChI is InChI=1S/C19H28N4O4.2ClH/c24-18(25)7-14-27-17-3-1-15(2-4-17)21-19(26)23-12-10-22(11-13-23)16-5-8-20-9-6-16;;/h1-4,16,20H,5-14H2,(H,21,26)(H,24,25);2*1H. The van der Waals surface area contributed by atoms with E-state index >= 15 is 0 Å². The van der Waals surface area contributed by atoms with Gasteiger partial charge in [-0.3, -0.25) is 9.69 Å². The fraction of sp³-hybridized carbons (Fsp3) is 0.579. The third-order valence-corrected chi connectivity index (χ3v) is 5.12. The molecule has 164 valence electrons. The van der Waals surface area contributed by atoms with E-state index in [1.165, 1.54) is 12.8 Å². The lowest BCUT2D eigenvalue weighted by Gasteiger charge is -2.40. The Hall–Kier alpha value is -1.74. The van der Waals surface area contributed by atoms with E-state index in [9.17, 15) is 9.59 Å². The summed E-state index contributed by atoms with van der Waals surface area (Å²) >= 11 is 0. The molecule has 0 aromatic heterocycles. The Morgan fingerprint density at radius 1 is 1.07 bits per heavy atom. The minimum Gasteiger partial charge on any atom is -0.493 e. The fourth-order valence-electron chi connectivity index (χ4n) is 3.56. The van der Waals surface area contributed by atoms with Crippen LogP contribution in [0.25, 0.3) is 0 Å². The lowest BCUT2D eigenvalue weighted by molar-refractivity contribution is -0.137. The van der Waals surface area contributed by atoms with Crippen molar-refractivity contribution >= 4 is 42.5 Å². The van der Waals surface area contributed by atoms with Gasteiger partial charge in [0.1, 0.15) is 5.75 Å². The summed E-state index contributed by atoms with van der Waals surface area (Å²) in [7, 11) is 0. The monoisotopic (exact) mass is 448 g/mol. The van der Waals surface area contributed by atoms with Gasteiger partial charge in [-0.1, -0.05) is 0 Å². The third kappa shape index (κ3) is 7.89. The van der Waals surface area contributed by atoms with Gasteiger partial charge < -0.3 is 25.4 Å². The van der Waals surface area contributed by atoms with Crippen LogP contribution in [0.5, 0.6) is 5.75 Å². The number of ether oxygens (including phenoxy) is 1. The first kappa shape index (κ1) is 25.3. The number of carboxylic acid groups (broad SMARTS) is 1. The molecule has 1 aromatic carbocycles. The quantitative estimate of drug-likeness (QED) is 0.617. The van der Waals surface area contributed by atoms with Crippen molar-refractivity contribution in [3.63, 3.8) is 0 Å². The third-order valence-electron chi connectivity index (χ3n) is 5.12. The Bertz CT molecular complexity index is 634. The number of carbonyl (C=O) groups is 2. The zero-order valence-electron chi connectivity index (χ0n) is 16.3. The van der Waals surface area contributed by atoms with Crippen LogP contribution in [0.4, 0.5) is 10.5 Å². The number of anilines is 1. The molecule has 0 aliphatic carbocycles. The number of halogens is 2. The molecule has 1 aromatic rings. The molecule has 0 unspecified atom stereocenters. The minimum atomic E-state index is -0.890. The largest absolute Gasteiger partial charge is 0.493 e. The predicted molar refractivity (Wildman–Crippen MR) is 117 cm³/mol. The summed E-state index contributed by atoms with van der Waals surface area (Å²) in [5.41, 5.74) is 0.700. The summed E-state index contributed by atoms with van der Waals surface area (Å²) < 4.78 is 5.35. The highest BCUT2D eigenvalue weighted by molar-refractivity contribution is 5.89. The summed E-state index contributed by atoms with van der Waals surface area (Å²) in [4.78, 5) is 27.3. The number of benzene rings is 1. The van der Waals surface area contributed by atoms with Gasteiger partial charge in [-0.25, -0.2) is 4.79 Å². The molecule has 2 amide bonds. The number of piperidine rings is 1. The number of nitrogens with one attached hydrogen (secondary N) is 2. The second-order valence-electron chi connectivity index (χ2n) is 6.95. The van der Waals surface area contributed by atoms with Crippen LogP contribution in [-0.2, 0) is 4.79 Å². The van der Waals surface area contributed by atoms with Gasteiger partial charge >= 0.3 is 12.0 Å². The summed E-state index contributed by atoms with van der Waals surface area (Å²) in [5.74, 6) is -0.302. The van der Waals surface area contributed by atoms with Crippen molar-refractivity contribution in [2.75, 3.05) is 51.2 Å². The maximum atomic E-state index is 12.5. The average Bonchev–Trinajstić information content (AvgIpc) is 2.70. The van der Waals surface area contributed by atoms with Gasteiger partial charge in [-0.15, -0.1) is 24.8 Å². The van der Waals surface area contributed by atoms with Crippen molar-refractivity contribution in [3.05, 3.63) is 24.3 Å². The molecule has 2 heterocycles. The van der Waals surface area contributed by atoms with E-state index in [-0.39, 0.29) is 43.9 Å². The fourth-order valence-corrected chi connectivity index (χ4v) is 3.56. The number of piperazine rings is 1. The zero-order chi connectivity index (χ0) is 19.1. The van der Waals surface area contributed by atoms with Crippen molar-refractivity contribution in [1.29, 1.82) is 0 Å². The van der Waals surface area contributed by atoms with Gasteiger partial charge in [0.05, 0.1) is 13.0 Å². The predicted octanol–water partition coefficient (Wildman–Crippen LogP) is 2.29. The van der Waals surface area contributed by atoms with E-state index < -0.39 is 5.97 Å². The van der Waals surface area contributed by atoms with Gasteiger partial charge in [-0.2, -0.15) is 0 Å². The maximum absolute atomic E-state index is 12.5. The van der Waals surface area contributed by atoms with Crippen LogP contribution in [0.15, 0.2) is 24.3 Å². The average molecular weight is 449 g/mol. The molecule has 2 fully saturated rings. The molecular formula is C19H30Cl2N4O4. The SMILES string of the molecule is Cl.Cl.O=C(O)CCOc1ccc(NC(=O)N2CCN(C3CCNCC3)CC2)cc1. The van der Waals surface area contributed by atoms with Crippen LogP contribution in [0.3, 0.4) is 0 Å². The lowest BCUT2D eigenvalue weighted by Crippen LogP contribution is -2.54. The number of nitrogens with zero attached hydrogens (tertiary/aromatic N) is 2. The number of carboxylic acids is 1. The van der Waals surface area contributed by atoms with Gasteiger partial charge in [0.2, 0.25) is 0 Å². The minimum absolute atomic E-state index is 0. The topological polar surface area (TPSA) is 94.1 Å². The number of hydrogen-bond acceptors (Lipinski definition) is 5. The summed E-state index contributed by atoms with van der Waals surface area (Å²) in [6, 6.07) is 7.54. The Morgan fingerprint density at radius 2 is 1.69 bits per heavy atom. The number of rotatable bonds is 6. The highest BCUT2D eigenvalue weighted by Crippen LogP contribution is 2.18. The van der Waals surface area contributed by atoms with E-state index in [1.807, 2.05) is 4.90 Å². The molecule has 0 saturated carbocycles. The number of amides is 2. The van der Waals surface area contributed by atoms with Gasteiger partial charge in [0, 0.05) is 37.9 Å². The Labute approximate surface area is 183 Å². The summed E-state index contributed by atoms with van der Waals surface area (Å²) in [6.07, 6.45) is 2.34. The van der Waals surface area contributed by atoms with Crippen molar-refractivity contribution in [3.8, 4) is 5.75 Å². The van der Waals surface area contributed by atoms with Crippen LogP contribution in [0, 0.1) is 0 Å². The molecule has 3 rings (SSSR count). The first-order chi connectivity index (χ1) is 13.1. The van der Waals surface area contributed by atoms with Crippen molar-refractivity contribution in [2.24, 2.45) is 0 Å². The number of aliphatic carboxylic acids is 1. The van der Waals surface area contributed by atoms with Crippen molar-refractivity contribution < 1.29 is 19.4 Å². The van der Waals surface area contributed by atoms with Gasteiger partial charge in [-0.05, 0) is 50.2 Å². The first-order valence-electron chi connectivity index (χ1n) is 9.57. The normalized spacial score (nSPS) is 17.6. The molecule has 0 spiro atoms. The van der Waals surface area contributed by atoms with Crippen LogP contribution < -0.4 is 15.4 Å². The van der Waals surface area contributed by atoms with Crippen molar-refractivity contribution in [1.82, 2.24) is 15.1 Å². The summed E-state index contributed by atoms with van der Waals surface area (Å²) in [6.45, 7) is 5.63. The molecule has 3 N–H and O–H groups in total. The zero-order valence-corrected chi connectivity index (χ0v) is 18.0. The lowest BCUT2D eigenvalue weighted by atomic mass is 10.0. The van der Waals surface area contributed by atoms with E-state index in [1.54, 1.807) is 24.3 Å². The molecule has 2 aliphatic heterocycles. The van der Waals surface area contributed by atoms with Crippen molar-refractivity contribution in [2.45, 2.75) is 25.3 Å². The van der Waals surface area contributed by atoms with Gasteiger partial charge in [0.15, 0.2) is 0 Å². The van der Waals surface area contributed by atoms with Crippen LogP contribution in [0.1, 0.15) is 19.3 Å². The van der Waals surface area contributed by atoms with Crippen LogP contribution in [0.2, 0.25) is 0 Å². The summed E-state index contributed by atoms with van der Waals surface area (Å²) in [5, 5.41) is 14.9. The van der Waals surface area contributed by atoms with E-state index in [4.69, 9.17) is 9.84 Å². The molecule has 2 aliphatic rings. The highest BCUT2D eigenvalue weighted by atomic mass is 35.5. The number of hydrogen-bond donors (Lipinski definition) is 3.